The van der Waals surface area contributed by atoms with Gasteiger partial charge in [0.1, 0.15) is 17.6 Å². The van der Waals surface area contributed by atoms with Crippen LogP contribution in [0.25, 0.3) is 0 Å². The van der Waals surface area contributed by atoms with Gasteiger partial charge in [-0.2, -0.15) is 0 Å². The number of furan rings is 1. The maximum atomic E-state index is 12.0. The van der Waals surface area contributed by atoms with Crippen LogP contribution in [-0.4, -0.2) is 36.9 Å². The lowest BCUT2D eigenvalue weighted by atomic mass is 10.2. The van der Waals surface area contributed by atoms with Crippen LogP contribution in [0.1, 0.15) is 56.2 Å². The molecular weight excluding hydrogens is 312 g/mol. The maximum Gasteiger partial charge on any atom is 0.408 e. The minimum absolute atomic E-state index is 0.165. The molecule has 1 aromatic heterocycles. The van der Waals surface area contributed by atoms with E-state index < -0.39 is 11.7 Å². The molecule has 7 nitrogen and oxygen atoms in total. The number of alkyl carbamates (subject to hydrolysis) is 1. The van der Waals surface area contributed by atoms with Gasteiger partial charge in [0.15, 0.2) is 0 Å². The summed E-state index contributed by atoms with van der Waals surface area (Å²) in [6.45, 7) is 6.92. The average molecular weight is 338 g/mol. The third kappa shape index (κ3) is 6.23. The van der Waals surface area contributed by atoms with Crippen LogP contribution in [-0.2, 0) is 16.0 Å². The van der Waals surface area contributed by atoms with E-state index in [9.17, 15) is 9.59 Å². The van der Waals surface area contributed by atoms with Gasteiger partial charge in [-0.3, -0.25) is 4.79 Å². The lowest BCUT2D eigenvalue weighted by Crippen LogP contribution is -2.32. The number of rotatable bonds is 6. The molecule has 0 aliphatic carbocycles. The summed E-state index contributed by atoms with van der Waals surface area (Å²) < 4.78 is 15.9. The number of carbonyl (C=O) groups is 2. The fourth-order valence-electron chi connectivity index (χ4n) is 2.39. The number of hydrogen-bond acceptors (Lipinski definition) is 5. The zero-order chi connectivity index (χ0) is 17.6. The predicted molar refractivity (Wildman–Crippen MR) is 87.7 cm³/mol. The molecule has 2 rings (SSSR count). The number of hydrogen-bond donors (Lipinski definition) is 2. The Bertz CT molecular complexity index is 556. The van der Waals surface area contributed by atoms with Gasteiger partial charge in [-0.05, 0) is 46.1 Å². The topological polar surface area (TPSA) is 89.8 Å². The van der Waals surface area contributed by atoms with E-state index in [4.69, 9.17) is 13.9 Å². The highest BCUT2D eigenvalue weighted by molar-refractivity contribution is 5.93. The summed E-state index contributed by atoms with van der Waals surface area (Å²) in [5.41, 5.74) is -0.121. The van der Waals surface area contributed by atoms with Crippen LogP contribution in [0.15, 0.2) is 16.7 Å². The lowest BCUT2D eigenvalue weighted by Gasteiger charge is -2.19. The molecule has 24 heavy (non-hydrogen) atoms. The van der Waals surface area contributed by atoms with Crippen molar-refractivity contribution in [3.63, 3.8) is 0 Å². The van der Waals surface area contributed by atoms with E-state index >= 15 is 0 Å². The van der Waals surface area contributed by atoms with Crippen LogP contribution < -0.4 is 10.6 Å². The summed E-state index contributed by atoms with van der Waals surface area (Å²) >= 11 is 0. The van der Waals surface area contributed by atoms with Gasteiger partial charge in [-0.15, -0.1) is 0 Å². The van der Waals surface area contributed by atoms with Crippen LogP contribution in [0.5, 0.6) is 0 Å². The van der Waals surface area contributed by atoms with Crippen molar-refractivity contribution in [1.29, 1.82) is 0 Å². The fraction of sp³-hybridized carbons (Fsp3) is 0.647. The predicted octanol–water partition coefficient (Wildman–Crippen LogP) is 2.60. The molecule has 1 fully saturated rings. The molecule has 0 spiro atoms. The van der Waals surface area contributed by atoms with E-state index in [2.05, 4.69) is 10.6 Å². The van der Waals surface area contributed by atoms with Crippen LogP contribution in [0, 0.1) is 0 Å². The Morgan fingerprint density at radius 2 is 2.12 bits per heavy atom. The molecule has 134 valence electrons. The second-order valence-electron chi connectivity index (χ2n) is 6.84. The molecule has 2 amide bonds. The Labute approximate surface area is 142 Å². The fourth-order valence-corrected chi connectivity index (χ4v) is 2.39. The quantitative estimate of drug-likeness (QED) is 0.832. The summed E-state index contributed by atoms with van der Waals surface area (Å²) in [4.78, 5) is 23.6. The highest BCUT2D eigenvalue weighted by Crippen LogP contribution is 2.14. The molecule has 1 aliphatic heterocycles. The minimum atomic E-state index is -0.554. The van der Waals surface area contributed by atoms with Crippen molar-refractivity contribution in [2.75, 3.05) is 13.2 Å². The van der Waals surface area contributed by atoms with Crippen molar-refractivity contribution in [1.82, 2.24) is 10.6 Å². The molecule has 1 saturated heterocycles. The van der Waals surface area contributed by atoms with Crippen molar-refractivity contribution < 1.29 is 23.5 Å². The van der Waals surface area contributed by atoms with Crippen LogP contribution in [0.2, 0.25) is 0 Å². The monoisotopic (exact) mass is 338 g/mol. The Kier molecular flexibility index (Phi) is 6.25. The molecule has 1 unspecified atom stereocenters. The van der Waals surface area contributed by atoms with Gasteiger partial charge in [0.25, 0.3) is 5.91 Å². The van der Waals surface area contributed by atoms with Crippen LogP contribution in [0.4, 0.5) is 4.79 Å². The van der Waals surface area contributed by atoms with E-state index in [1.165, 1.54) is 6.26 Å². The lowest BCUT2D eigenvalue weighted by molar-refractivity contribution is 0.0519. The zero-order valence-corrected chi connectivity index (χ0v) is 14.5. The van der Waals surface area contributed by atoms with Crippen LogP contribution >= 0.6 is 0 Å². The van der Waals surface area contributed by atoms with Crippen LogP contribution in [0.3, 0.4) is 0 Å². The highest BCUT2D eigenvalue weighted by atomic mass is 16.6. The molecule has 1 aliphatic rings. The molecule has 0 saturated carbocycles. The minimum Gasteiger partial charge on any atom is -0.467 e. The summed E-state index contributed by atoms with van der Waals surface area (Å²) in [5, 5.41) is 5.43. The van der Waals surface area contributed by atoms with Gasteiger partial charge in [0.2, 0.25) is 0 Å². The van der Waals surface area contributed by atoms with Crippen molar-refractivity contribution in [3.8, 4) is 0 Å². The van der Waals surface area contributed by atoms with Gasteiger partial charge in [-0.1, -0.05) is 0 Å². The van der Waals surface area contributed by atoms with Crippen molar-refractivity contribution >= 4 is 12.0 Å². The molecule has 2 heterocycles. The Morgan fingerprint density at radius 1 is 1.33 bits per heavy atom. The molecule has 0 radical (unpaired) electrons. The zero-order valence-electron chi connectivity index (χ0n) is 14.5. The summed E-state index contributed by atoms with van der Waals surface area (Å²) in [6, 6.07) is 1.61. The molecule has 1 atom stereocenters. The number of carbonyl (C=O) groups excluding carboxylic acids is 2. The molecule has 7 heteroatoms. The molecular formula is C17H26N2O5. The van der Waals surface area contributed by atoms with Gasteiger partial charge in [0, 0.05) is 13.2 Å². The molecule has 0 aromatic carbocycles. The SMILES string of the molecule is CC(C)(C)OC(=O)NCc1cc(C(=O)NCCC2CCCO2)co1. The third-order valence-corrected chi connectivity index (χ3v) is 3.50. The smallest absolute Gasteiger partial charge is 0.408 e. The number of ether oxygens (including phenoxy) is 2. The van der Waals surface area contributed by atoms with Crippen molar-refractivity contribution in [3.05, 3.63) is 23.7 Å². The summed E-state index contributed by atoms with van der Waals surface area (Å²) in [7, 11) is 0. The van der Waals surface area contributed by atoms with Gasteiger partial charge >= 0.3 is 6.09 Å². The Morgan fingerprint density at radius 3 is 2.79 bits per heavy atom. The van der Waals surface area contributed by atoms with E-state index in [0.29, 0.717) is 17.9 Å². The third-order valence-electron chi connectivity index (χ3n) is 3.50. The molecule has 1 aromatic rings. The summed E-state index contributed by atoms with van der Waals surface area (Å²) in [5.74, 6) is 0.297. The largest absolute Gasteiger partial charge is 0.467 e. The van der Waals surface area contributed by atoms with Crippen molar-refractivity contribution in [2.24, 2.45) is 0 Å². The first-order valence-electron chi connectivity index (χ1n) is 8.27. The standard InChI is InChI=1S/C17H26N2O5/c1-17(2,3)24-16(21)19-10-14-9-12(11-23-14)15(20)18-7-6-13-5-4-8-22-13/h9,11,13H,4-8,10H2,1-3H3,(H,18,20)(H,19,21). The summed E-state index contributed by atoms with van der Waals surface area (Å²) in [6.07, 6.45) is 4.07. The molecule has 0 bridgehead atoms. The second-order valence-corrected chi connectivity index (χ2v) is 6.84. The first kappa shape index (κ1) is 18.3. The van der Waals surface area contributed by atoms with Crippen molar-refractivity contribution in [2.45, 2.75) is 58.3 Å². The number of nitrogens with one attached hydrogen (secondary N) is 2. The Balaban J connectivity index is 1.71. The normalized spacial score (nSPS) is 17.5. The van der Waals surface area contributed by atoms with Gasteiger partial charge in [0.05, 0.1) is 18.2 Å². The van der Waals surface area contributed by atoms with E-state index in [1.807, 2.05) is 0 Å². The second kappa shape index (κ2) is 8.19. The first-order valence-corrected chi connectivity index (χ1v) is 8.27. The van der Waals surface area contributed by atoms with E-state index in [0.717, 1.165) is 25.9 Å². The van der Waals surface area contributed by atoms with E-state index in [1.54, 1.807) is 26.8 Å². The highest BCUT2D eigenvalue weighted by Gasteiger charge is 2.18. The van der Waals surface area contributed by atoms with E-state index in [-0.39, 0.29) is 18.6 Å². The Hall–Kier alpha value is -2.02. The average Bonchev–Trinajstić information content (AvgIpc) is 3.14. The first-order chi connectivity index (χ1) is 11.3. The van der Waals surface area contributed by atoms with Gasteiger partial charge < -0.3 is 24.5 Å². The molecule has 2 N–H and O–H groups in total. The number of amides is 2. The maximum absolute atomic E-state index is 12.0. The van der Waals surface area contributed by atoms with Gasteiger partial charge in [-0.25, -0.2) is 4.79 Å².